The Morgan fingerprint density at radius 1 is 1.44 bits per heavy atom. The van der Waals surface area contributed by atoms with E-state index in [-0.39, 0.29) is 0 Å². The largest absolute Gasteiger partial charge is 0.508 e. The number of phenolic OH excluding ortho intramolecular Hbond substituents is 1. The normalized spacial score (nSPS) is 21.6. The summed E-state index contributed by atoms with van der Waals surface area (Å²) in [7, 11) is 0. The first-order valence-corrected chi connectivity index (χ1v) is 6.94. The molecule has 0 amide bonds. The molecule has 0 bridgehead atoms. The van der Waals surface area contributed by atoms with E-state index in [4.69, 9.17) is 0 Å². The number of aromatic hydroxyl groups is 1. The molecular weight excluding hydrogens is 224 g/mol. The first-order chi connectivity index (χ1) is 8.65. The van der Waals surface area contributed by atoms with Gasteiger partial charge in [-0.3, -0.25) is 0 Å². The summed E-state index contributed by atoms with van der Waals surface area (Å²) in [4.78, 5) is 0. The average molecular weight is 248 g/mol. The topological polar surface area (TPSA) is 44.3 Å². The van der Waals surface area contributed by atoms with Gasteiger partial charge in [-0.1, -0.05) is 6.42 Å². The zero-order chi connectivity index (χ0) is 13.0. The second-order valence-electron chi connectivity index (χ2n) is 5.43. The Bertz CT molecular complexity index is 386. The smallest absolute Gasteiger partial charge is 0.118 e. The molecule has 0 aromatic heterocycles. The van der Waals surface area contributed by atoms with Crippen molar-refractivity contribution in [3.05, 3.63) is 23.8 Å². The van der Waals surface area contributed by atoms with Gasteiger partial charge in [0.15, 0.2) is 0 Å². The van der Waals surface area contributed by atoms with Crippen molar-refractivity contribution < 1.29 is 5.11 Å². The zero-order valence-electron chi connectivity index (χ0n) is 11.4. The maximum Gasteiger partial charge on any atom is 0.118 e. The van der Waals surface area contributed by atoms with Crippen LogP contribution in [0.25, 0.3) is 0 Å². The Kier molecular flexibility index (Phi) is 4.48. The van der Waals surface area contributed by atoms with Crippen molar-refractivity contribution in [3.8, 4) is 5.75 Å². The number of nitrogens with one attached hydrogen (secondary N) is 2. The molecule has 0 aliphatic carbocycles. The Balaban J connectivity index is 1.85. The minimum absolute atomic E-state index is 0.363. The molecule has 1 aromatic rings. The van der Waals surface area contributed by atoms with E-state index in [9.17, 15) is 5.11 Å². The van der Waals surface area contributed by atoms with Crippen molar-refractivity contribution in [2.24, 2.45) is 0 Å². The minimum atomic E-state index is 0.363. The lowest BCUT2D eigenvalue weighted by atomic mass is 9.98. The molecule has 100 valence electrons. The van der Waals surface area contributed by atoms with Crippen molar-refractivity contribution in [1.29, 1.82) is 0 Å². The van der Waals surface area contributed by atoms with Crippen LogP contribution in [-0.2, 0) is 0 Å². The van der Waals surface area contributed by atoms with E-state index in [0.29, 0.717) is 17.8 Å². The fraction of sp³-hybridized carbons (Fsp3) is 0.600. The Labute approximate surface area is 110 Å². The van der Waals surface area contributed by atoms with E-state index in [1.807, 2.05) is 19.1 Å². The molecule has 2 rings (SSSR count). The highest BCUT2D eigenvalue weighted by molar-refractivity contribution is 5.50. The first-order valence-electron chi connectivity index (χ1n) is 6.94. The van der Waals surface area contributed by atoms with Crippen LogP contribution in [0.15, 0.2) is 18.2 Å². The fourth-order valence-electron chi connectivity index (χ4n) is 2.64. The molecule has 1 aromatic carbocycles. The van der Waals surface area contributed by atoms with Gasteiger partial charge < -0.3 is 15.7 Å². The monoisotopic (exact) mass is 248 g/mol. The Morgan fingerprint density at radius 3 is 2.94 bits per heavy atom. The van der Waals surface area contributed by atoms with Crippen LogP contribution in [0.1, 0.15) is 38.2 Å². The van der Waals surface area contributed by atoms with Crippen molar-refractivity contribution in [2.45, 2.75) is 51.6 Å². The Hall–Kier alpha value is -1.22. The van der Waals surface area contributed by atoms with Gasteiger partial charge in [-0.15, -0.1) is 0 Å². The van der Waals surface area contributed by atoms with Crippen molar-refractivity contribution in [1.82, 2.24) is 5.32 Å². The van der Waals surface area contributed by atoms with Gasteiger partial charge >= 0.3 is 0 Å². The highest BCUT2D eigenvalue weighted by atomic mass is 16.3. The number of aryl methyl sites for hydroxylation is 1. The second kappa shape index (κ2) is 6.10. The number of hydrogen-bond acceptors (Lipinski definition) is 3. The van der Waals surface area contributed by atoms with Crippen LogP contribution < -0.4 is 10.6 Å². The van der Waals surface area contributed by atoms with Gasteiger partial charge in [-0.25, -0.2) is 0 Å². The number of benzene rings is 1. The van der Waals surface area contributed by atoms with Gasteiger partial charge in [-0.2, -0.15) is 0 Å². The molecule has 18 heavy (non-hydrogen) atoms. The molecule has 0 spiro atoms. The average Bonchev–Trinajstić information content (AvgIpc) is 2.35. The zero-order valence-corrected chi connectivity index (χ0v) is 11.4. The maximum absolute atomic E-state index is 9.50. The van der Waals surface area contributed by atoms with Gasteiger partial charge in [0.05, 0.1) is 0 Å². The first kappa shape index (κ1) is 13.2. The summed E-state index contributed by atoms with van der Waals surface area (Å²) >= 11 is 0. The molecule has 0 radical (unpaired) electrons. The van der Waals surface area contributed by atoms with E-state index in [1.54, 1.807) is 6.07 Å². The third kappa shape index (κ3) is 3.64. The number of hydrogen-bond donors (Lipinski definition) is 3. The summed E-state index contributed by atoms with van der Waals surface area (Å²) in [5, 5.41) is 16.6. The van der Waals surface area contributed by atoms with Crippen LogP contribution in [0.5, 0.6) is 5.75 Å². The quantitative estimate of drug-likeness (QED) is 0.718. The molecule has 3 N–H and O–H groups in total. The van der Waals surface area contributed by atoms with E-state index >= 15 is 0 Å². The fourth-order valence-corrected chi connectivity index (χ4v) is 2.64. The van der Waals surface area contributed by atoms with Crippen LogP contribution >= 0.6 is 0 Å². The highest BCUT2D eigenvalue weighted by Crippen LogP contribution is 2.21. The number of phenols is 1. The second-order valence-corrected chi connectivity index (χ2v) is 5.43. The van der Waals surface area contributed by atoms with Crippen LogP contribution in [0.3, 0.4) is 0 Å². The molecule has 1 saturated heterocycles. The van der Waals surface area contributed by atoms with E-state index in [2.05, 4.69) is 17.6 Å². The molecule has 1 aliphatic heterocycles. The number of rotatable bonds is 4. The molecule has 2 unspecified atom stereocenters. The maximum atomic E-state index is 9.50. The highest BCUT2D eigenvalue weighted by Gasteiger charge is 2.15. The standard InChI is InChI=1S/C15H24N2O/c1-11-9-14(6-7-15(11)18)17-12(2)10-13-5-3-4-8-16-13/h6-7,9,12-13,16-18H,3-5,8,10H2,1-2H3. The van der Waals surface area contributed by atoms with E-state index in [1.165, 1.54) is 19.3 Å². The predicted molar refractivity (Wildman–Crippen MR) is 76.2 cm³/mol. The molecule has 2 atom stereocenters. The SMILES string of the molecule is Cc1cc(NC(C)CC2CCCCN2)ccc1O. The minimum Gasteiger partial charge on any atom is -0.508 e. The van der Waals surface area contributed by atoms with Crippen molar-refractivity contribution in [2.75, 3.05) is 11.9 Å². The summed E-state index contributed by atoms with van der Waals surface area (Å²) in [5.74, 6) is 0.363. The summed E-state index contributed by atoms with van der Waals surface area (Å²) in [6.07, 6.45) is 5.11. The molecule has 1 fully saturated rings. The summed E-state index contributed by atoms with van der Waals surface area (Å²) in [5.41, 5.74) is 2.01. The van der Waals surface area contributed by atoms with E-state index < -0.39 is 0 Å². The molecule has 3 heteroatoms. The lowest BCUT2D eigenvalue weighted by molar-refractivity contribution is 0.371. The lowest BCUT2D eigenvalue weighted by Gasteiger charge is -2.27. The summed E-state index contributed by atoms with van der Waals surface area (Å²) in [6.45, 7) is 5.31. The van der Waals surface area contributed by atoms with Gasteiger partial charge in [0.2, 0.25) is 0 Å². The van der Waals surface area contributed by atoms with Crippen LogP contribution in [0, 0.1) is 6.92 Å². The van der Waals surface area contributed by atoms with Gasteiger partial charge in [0.1, 0.15) is 5.75 Å². The van der Waals surface area contributed by atoms with Gasteiger partial charge in [0, 0.05) is 17.8 Å². The molecule has 3 nitrogen and oxygen atoms in total. The molecular formula is C15H24N2O. The number of anilines is 1. The third-order valence-electron chi connectivity index (χ3n) is 3.66. The summed E-state index contributed by atoms with van der Waals surface area (Å²) < 4.78 is 0. The van der Waals surface area contributed by atoms with Crippen LogP contribution in [0.2, 0.25) is 0 Å². The van der Waals surface area contributed by atoms with Gasteiger partial charge in [0.25, 0.3) is 0 Å². The third-order valence-corrected chi connectivity index (χ3v) is 3.66. The van der Waals surface area contributed by atoms with Crippen LogP contribution in [0.4, 0.5) is 5.69 Å². The van der Waals surface area contributed by atoms with Gasteiger partial charge in [-0.05, 0) is 63.4 Å². The van der Waals surface area contributed by atoms with Crippen molar-refractivity contribution in [3.63, 3.8) is 0 Å². The van der Waals surface area contributed by atoms with Crippen molar-refractivity contribution >= 4 is 5.69 Å². The molecule has 1 aliphatic rings. The lowest BCUT2D eigenvalue weighted by Crippen LogP contribution is -2.37. The van der Waals surface area contributed by atoms with E-state index in [0.717, 1.165) is 24.2 Å². The van der Waals surface area contributed by atoms with Crippen LogP contribution in [-0.4, -0.2) is 23.7 Å². The predicted octanol–water partition coefficient (Wildman–Crippen LogP) is 3.03. The summed E-state index contributed by atoms with van der Waals surface area (Å²) in [6, 6.07) is 6.79. The molecule has 0 saturated carbocycles. The number of piperidine rings is 1. The molecule has 1 heterocycles. The Morgan fingerprint density at radius 2 is 2.28 bits per heavy atom.